The molecule has 1 N–H and O–H groups in total. The molecule has 1 aromatic heterocycles. The number of rotatable bonds is 6. The van der Waals surface area contributed by atoms with Gasteiger partial charge in [-0.3, -0.25) is 4.79 Å². The SMILES string of the molecule is Cc1ccc(-c2noc([C@H](Cc3ccccc3)NC(=O)c3ccc(C(F)(F)F)cc3)n2)cc1. The summed E-state index contributed by atoms with van der Waals surface area (Å²) in [6.45, 7) is 1.97. The first-order valence-corrected chi connectivity index (χ1v) is 10.2. The van der Waals surface area contributed by atoms with Crippen LogP contribution < -0.4 is 5.32 Å². The maximum Gasteiger partial charge on any atom is 0.416 e. The number of alkyl halides is 3. The number of aromatic nitrogens is 2. The zero-order chi connectivity index (χ0) is 23.4. The molecule has 1 atom stereocenters. The van der Waals surface area contributed by atoms with Gasteiger partial charge in [0.15, 0.2) is 0 Å². The number of halogens is 3. The van der Waals surface area contributed by atoms with Gasteiger partial charge in [-0.25, -0.2) is 0 Å². The highest BCUT2D eigenvalue weighted by Gasteiger charge is 2.30. The molecular weight excluding hydrogens is 431 g/mol. The number of nitrogens with zero attached hydrogens (tertiary/aromatic N) is 2. The Kier molecular flexibility index (Phi) is 6.26. The van der Waals surface area contributed by atoms with E-state index < -0.39 is 23.7 Å². The first-order valence-electron chi connectivity index (χ1n) is 10.2. The molecule has 0 radical (unpaired) electrons. The van der Waals surface area contributed by atoms with Gasteiger partial charge in [-0.15, -0.1) is 0 Å². The summed E-state index contributed by atoms with van der Waals surface area (Å²) in [7, 11) is 0. The molecule has 0 bridgehead atoms. The Morgan fingerprint density at radius 1 is 0.970 bits per heavy atom. The fourth-order valence-electron chi connectivity index (χ4n) is 3.30. The summed E-state index contributed by atoms with van der Waals surface area (Å²) in [5.74, 6) is 0.0428. The van der Waals surface area contributed by atoms with Crippen molar-refractivity contribution in [1.82, 2.24) is 15.5 Å². The number of hydrogen-bond donors (Lipinski definition) is 1. The predicted octanol–water partition coefficient (Wildman–Crippen LogP) is 5.78. The van der Waals surface area contributed by atoms with Crippen molar-refractivity contribution in [1.29, 1.82) is 0 Å². The third-order valence-corrected chi connectivity index (χ3v) is 5.11. The zero-order valence-electron chi connectivity index (χ0n) is 17.6. The maximum absolute atomic E-state index is 12.8. The Morgan fingerprint density at radius 3 is 2.27 bits per heavy atom. The van der Waals surface area contributed by atoms with Crippen molar-refractivity contribution < 1.29 is 22.5 Å². The molecule has 4 rings (SSSR count). The molecule has 0 aliphatic carbocycles. The summed E-state index contributed by atoms with van der Waals surface area (Å²) in [5.41, 5.74) is 2.06. The molecule has 0 saturated carbocycles. The molecule has 0 spiro atoms. The van der Waals surface area contributed by atoms with E-state index >= 15 is 0 Å². The van der Waals surface area contributed by atoms with Crippen LogP contribution in [0, 0.1) is 6.92 Å². The number of aryl methyl sites for hydroxylation is 1. The van der Waals surface area contributed by atoms with Gasteiger partial charge in [0.2, 0.25) is 11.7 Å². The summed E-state index contributed by atoms with van der Waals surface area (Å²) >= 11 is 0. The van der Waals surface area contributed by atoms with Crippen LogP contribution in [0.25, 0.3) is 11.4 Å². The van der Waals surface area contributed by atoms with E-state index in [-0.39, 0.29) is 11.5 Å². The van der Waals surface area contributed by atoms with Gasteiger partial charge in [0, 0.05) is 17.5 Å². The van der Waals surface area contributed by atoms with E-state index in [2.05, 4.69) is 15.5 Å². The fraction of sp³-hybridized carbons (Fsp3) is 0.160. The highest BCUT2D eigenvalue weighted by atomic mass is 19.4. The minimum Gasteiger partial charge on any atom is -0.340 e. The molecule has 0 fully saturated rings. The van der Waals surface area contributed by atoms with Crippen LogP contribution in [0.3, 0.4) is 0 Å². The van der Waals surface area contributed by atoms with Crippen molar-refractivity contribution >= 4 is 5.91 Å². The first-order chi connectivity index (χ1) is 15.8. The lowest BCUT2D eigenvalue weighted by Gasteiger charge is -2.16. The van der Waals surface area contributed by atoms with Crippen LogP contribution >= 0.6 is 0 Å². The van der Waals surface area contributed by atoms with Crippen molar-refractivity contribution in [3.8, 4) is 11.4 Å². The van der Waals surface area contributed by atoms with E-state index in [1.807, 2.05) is 61.5 Å². The van der Waals surface area contributed by atoms with Gasteiger partial charge < -0.3 is 9.84 Å². The average molecular weight is 451 g/mol. The largest absolute Gasteiger partial charge is 0.416 e. The highest BCUT2D eigenvalue weighted by Crippen LogP contribution is 2.29. The monoisotopic (exact) mass is 451 g/mol. The molecule has 5 nitrogen and oxygen atoms in total. The Bertz CT molecular complexity index is 1220. The molecule has 4 aromatic rings. The number of benzene rings is 3. The molecular formula is C25H20F3N3O2. The van der Waals surface area contributed by atoms with Crippen LogP contribution in [0.15, 0.2) is 83.4 Å². The van der Waals surface area contributed by atoms with Gasteiger partial charge in [-0.1, -0.05) is 65.3 Å². The van der Waals surface area contributed by atoms with Gasteiger partial charge in [0.05, 0.1) is 5.56 Å². The highest BCUT2D eigenvalue weighted by molar-refractivity contribution is 5.94. The lowest BCUT2D eigenvalue weighted by atomic mass is 10.0. The number of hydrogen-bond acceptors (Lipinski definition) is 4. The van der Waals surface area contributed by atoms with Crippen molar-refractivity contribution in [2.45, 2.75) is 25.6 Å². The fourth-order valence-corrected chi connectivity index (χ4v) is 3.30. The molecule has 0 aliphatic rings. The normalized spacial score (nSPS) is 12.4. The van der Waals surface area contributed by atoms with Crippen molar-refractivity contribution in [2.75, 3.05) is 0 Å². The topological polar surface area (TPSA) is 68.0 Å². The number of amides is 1. The maximum atomic E-state index is 12.8. The van der Waals surface area contributed by atoms with E-state index in [9.17, 15) is 18.0 Å². The van der Waals surface area contributed by atoms with Crippen molar-refractivity contribution in [3.05, 3.63) is 107 Å². The molecule has 33 heavy (non-hydrogen) atoms. The van der Waals surface area contributed by atoms with Crippen molar-refractivity contribution in [3.63, 3.8) is 0 Å². The number of carbonyl (C=O) groups is 1. The third-order valence-electron chi connectivity index (χ3n) is 5.11. The van der Waals surface area contributed by atoms with Gasteiger partial charge in [-0.2, -0.15) is 18.2 Å². The second kappa shape index (κ2) is 9.28. The minimum absolute atomic E-state index is 0.0966. The molecule has 3 aromatic carbocycles. The van der Waals surface area contributed by atoms with Crippen LogP contribution in [0.4, 0.5) is 13.2 Å². The lowest BCUT2D eigenvalue weighted by Crippen LogP contribution is -2.30. The van der Waals surface area contributed by atoms with Crippen LogP contribution in [0.5, 0.6) is 0 Å². The van der Waals surface area contributed by atoms with E-state index in [0.717, 1.165) is 41.0 Å². The second-order valence-corrected chi connectivity index (χ2v) is 7.61. The molecule has 1 heterocycles. The van der Waals surface area contributed by atoms with E-state index in [1.165, 1.54) is 0 Å². The smallest absolute Gasteiger partial charge is 0.340 e. The number of nitrogens with one attached hydrogen (secondary N) is 1. The van der Waals surface area contributed by atoms with Gasteiger partial charge in [0.25, 0.3) is 5.91 Å². The molecule has 0 saturated heterocycles. The van der Waals surface area contributed by atoms with Gasteiger partial charge in [-0.05, 0) is 36.8 Å². The average Bonchev–Trinajstić information content (AvgIpc) is 3.29. The molecule has 168 valence electrons. The third kappa shape index (κ3) is 5.46. The van der Waals surface area contributed by atoms with E-state index in [1.54, 1.807) is 0 Å². The van der Waals surface area contributed by atoms with Crippen LogP contribution in [0.2, 0.25) is 0 Å². The molecule has 8 heteroatoms. The van der Waals surface area contributed by atoms with Gasteiger partial charge >= 0.3 is 6.18 Å². The summed E-state index contributed by atoms with van der Waals surface area (Å²) in [6.07, 6.45) is -4.11. The summed E-state index contributed by atoms with van der Waals surface area (Å²) in [5, 5.41) is 6.85. The van der Waals surface area contributed by atoms with Crippen LogP contribution in [-0.2, 0) is 12.6 Å². The minimum atomic E-state index is -4.47. The zero-order valence-corrected chi connectivity index (χ0v) is 17.6. The van der Waals surface area contributed by atoms with E-state index in [0.29, 0.717) is 12.2 Å². The van der Waals surface area contributed by atoms with E-state index in [4.69, 9.17) is 4.52 Å². The Balaban J connectivity index is 1.59. The summed E-state index contributed by atoms with van der Waals surface area (Å²) in [4.78, 5) is 17.3. The summed E-state index contributed by atoms with van der Waals surface area (Å²) in [6, 6.07) is 20.4. The molecule has 0 aliphatic heterocycles. The molecule has 1 amide bonds. The van der Waals surface area contributed by atoms with Gasteiger partial charge in [0.1, 0.15) is 6.04 Å². The Hall–Kier alpha value is -3.94. The lowest BCUT2D eigenvalue weighted by molar-refractivity contribution is -0.137. The summed E-state index contributed by atoms with van der Waals surface area (Å²) < 4.78 is 44.0. The standard InChI is InChI=1S/C25H20F3N3O2/c1-16-7-9-18(10-8-16)22-30-24(33-31-22)21(15-17-5-3-2-4-6-17)29-23(32)19-11-13-20(14-12-19)25(26,27)28/h2-14,21H,15H2,1H3,(H,29,32)/t21-/m0/s1. The Labute approximate surface area is 188 Å². The Morgan fingerprint density at radius 2 is 1.64 bits per heavy atom. The predicted molar refractivity (Wildman–Crippen MR) is 116 cm³/mol. The number of carbonyl (C=O) groups excluding carboxylic acids is 1. The van der Waals surface area contributed by atoms with Crippen LogP contribution in [0.1, 0.15) is 39.0 Å². The van der Waals surface area contributed by atoms with Crippen molar-refractivity contribution in [2.24, 2.45) is 0 Å². The first kappa shape index (κ1) is 22.3. The molecule has 0 unspecified atom stereocenters. The quantitative estimate of drug-likeness (QED) is 0.404. The second-order valence-electron chi connectivity index (χ2n) is 7.61. The van der Waals surface area contributed by atoms with Crippen LogP contribution in [-0.4, -0.2) is 16.0 Å².